The second-order valence-corrected chi connectivity index (χ2v) is 10.4. The molecule has 2 aliphatic rings. The molecule has 8 nitrogen and oxygen atoms in total. The minimum atomic E-state index is -1.01. The molecular weight excluding hydrogens is 551 g/mol. The van der Waals surface area contributed by atoms with Gasteiger partial charge in [-0.3, -0.25) is 14.5 Å². The van der Waals surface area contributed by atoms with Crippen molar-refractivity contribution in [3.63, 3.8) is 0 Å². The van der Waals surface area contributed by atoms with Gasteiger partial charge < -0.3 is 19.3 Å². The molecule has 1 aromatic heterocycles. The topological polar surface area (TPSA) is 98.2 Å². The molecule has 0 bridgehead atoms. The first-order valence-electron chi connectivity index (χ1n) is 11.5. The van der Waals surface area contributed by atoms with Crippen molar-refractivity contribution in [3.8, 4) is 17.2 Å². The van der Waals surface area contributed by atoms with Crippen LogP contribution < -0.4 is 19.1 Å². The Hall–Kier alpha value is -3.79. The number of ketones is 1. The highest BCUT2D eigenvalue weighted by atomic mass is 35.5. The normalized spacial score (nSPS) is 18.3. The lowest BCUT2D eigenvalue weighted by molar-refractivity contribution is -0.132. The number of thiazole rings is 1. The fourth-order valence-corrected chi connectivity index (χ4v) is 5.82. The zero-order chi connectivity index (χ0) is 26.6. The summed E-state index contributed by atoms with van der Waals surface area (Å²) in [5.74, 6) is -0.451. The first kappa shape index (κ1) is 24.5. The molecule has 38 heavy (non-hydrogen) atoms. The van der Waals surface area contributed by atoms with Crippen LogP contribution >= 0.6 is 34.5 Å². The number of methoxy groups -OCH3 is 1. The number of anilines is 1. The molecule has 3 aromatic carbocycles. The summed E-state index contributed by atoms with van der Waals surface area (Å²) in [6, 6.07) is 14.0. The van der Waals surface area contributed by atoms with Gasteiger partial charge in [0.05, 0.1) is 39.0 Å². The quantitative estimate of drug-likeness (QED) is 0.183. The number of carbonyl (C=O) groups is 2. The van der Waals surface area contributed by atoms with E-state index in [-0.39, 0.29) is 21.5 Å². The molecule has 11 heteroatoms. The minimum absolute atomic E-state index is 0.109. The number of aliphatic hydroxyl groups is 1. The molecule has 2 aliphatic heterocycles. The van der Waals surface area contributed by atoms with E-state index in [1.54, 1.807) is 61.7 Å². The van der Waals surface area contributed by atoms with E-state index in [1.165, 1.54) is 16.2 Å². The van der Waals surface area contributed by atoms with Crippen LogP contribution in [0.2, 0.25) is 10.0 Å². The third-order valence-corrected chi connectivity index (χ3v) is 8.07. The van der Waals surface area contributed by atoms with Gasteiger partial charge >= 0.3 is 5.91 Å². The summed E-state index contributed by atoms with van der Waals surface area (Å²) >= 11 is 13.7. The lowest BCUT2D eigenvalue weighted by atomic mass is 9.95. The molecule has 0 spiro atoms. The molecule has 1 N–H and O–H groups in total. The molecule has 1 fully saturated rings. The molecule has 0 radical (unpaired) electrons. The Morgan fingerprint density at radius 3 is 2.58 bits per heavy atom. The monoisotopic (exact) mass is 568 g/mol. The van der Waals surface area contributed by atoms with Gasteiger partial charge in [0.1, 0.15) is 24.7 Å². The van der Waals surface area contributed by atoms with Crippen LogP contribution in [0.25, 0.3) is 16.0 Å². The van der Waals surface area contributed by atoms with Crippen molar-refractivity contribution in [2.45, 2.75) is 6.04 Å². The fraction of sp³-hybridized carbons (Fsp3) is 0.148. The summed E-state index contributed by atoms with van der Waals surface area (Å²) < 4.78 is 17.3. The lowest BCUT2D eigenvalue weighted by Gasteiger charge is -2.23. The number of benzene rings is 3. The van der Waals surface area contributed by atoms with Crippen molar-refractivity contribution in [3.05, 3.63) is 81.3 Å². The Bertz CT molecular complexity index is 1670. The first-order chi connectivity index (χ1) is 18.4. The number of fused-ring (bicyclic) bond motifs is 2. The van der Waals surface area contributed by atoms with Gasteiger partial charge in [-0.1, -0.05) is 40.6 Å². The van der Waals surface area contributed by atoms with Crippen LogP contribution in [0, 0.1) is 0 Å². The van der Waals surface area contributed by atoms with Gasteiger partial charge in [-0.05, 0) is 54.1 Å². The van der Waals surface area contributed by atoms with E-state index in [4.69, 9.17) is 37.4 Å². The maximum absolute atomic E-state index is 13.5. The van der Waals surface area contributed by atoms with Crippen LogP contribution in [0.15, 0.2) is 60.2 Å². The van der Waals surface area contributed by atoms with Crippen molar-refractivity contribution in [2.75, 3.05) is 25.2 Å². The molecule has 1 saturated heterocycles. The van der Waals surface area contributed by atoms with E-state index in [1.807, 2.05) is 0 Å². The molecule has 0 unspecified atom stereocenters. The van der Waals surface area contributed by atoms with Crippen LogP contribution in [0.4, 0.5) is 5.13 Å². The zero-order valence-electron chi connectivity index (χ0n) is 19.7. The molecule has 6 rings (SSSR count). The second kappa shape index (κ2) is 9.50. The third-order valence-electron chi connectivity index (χ3n) is 6.31. The maximum Gasteiger partial charge on any atom is 0.301 e. The number of aromatic nitrogens is 1. The van der Waals surface area contributed by atoms with Gasteiger partial charge in [0.15, 0.2) is 16.6 Å². The Morgan fingerprint density at radius 1 is 1.03 bits per heavy atom. The summed E-state index contributed by atoms with van der Waals surface area (Å²) in [6.07, 6.45) is 0. The average Bonchev–Trinajstić information content (AvgIpc) is 3.47. The largest absolute Gasteiger partial charge is 0.507 e. The van der Waals surface area contributed by atoms with Crippen molar-refractivity contribution in [1.82, 2.24) is 4.98 Å². The molecule has 4 aromatic rings. The van der Waals surface area contributed by atoms with Crippen LogP contribution in [0.5, 0.6) is 17.2 Å². The van der Waals surface area contributed by atoms with Crippen molar-refractivity contribution in [1.29, 1.82) is 0 Å². The predicted molar refractivity (Wildman–Crippen MR) is 145 cm³/mol. The molecule has 0 aliphatic carbocycles. The molecule has 1 atom stereocenters. The number of rotatable bonds is 4. The SMILES string of the molecule is COc1ccc2nc(N3C(=O)C(=O)/C(=C(/O)c4ccc5c(c4)OCCO5)[C@H]3c3ccc(Cl)c(Cl)c3)sc2c1. The van der Waals surface area contributed by atoms with E-state index >= 15 is 0 Å². The number of aliphatic hydroxyl groups excluding tert-OH is 1. The fourth-order valence-electron chi connectivity index (χ4n) is 4.50. The number of Topliss-reactive ketones (excluding diaryl/α,β-unsaturated/α-hetero) is 1. The third kappa shape index (κ3) is 4.03. The van der Waals surface area contributed by atoms with Gasteiger partial charge in [0.2, 0.25) is 0 Å². The first-order valence-corrected chi connectivity index (χ1v) is 13.0. The summed E-state index contributed by atoms with van der Waals surface area (Å²) in [5.41, 5.74) is 1.30. The number of halogens is 2. The van der Waals surface area contributed by atoms with Crippen molar-refractivity contribution < 1.29 is 28.9 Å². The van der Waals surface area contributed by atoms with E-state index in [0.29, 0.717) is 52.1 Å². The Morgan fingerprint density at radius 2 is 1.82 bits per heavy atom. The number of hydrogen-bond donors (Lipinski definition) is 1. The van der Waals surface area contributed by atoms with Crippen LogP contribution in [0.1, 0.15) is 17.2 Å². The Labute approximate surface area is 230 Å². The number of hydrogen-bond acceptors (Lipinski definition) is 8. The highest BCUT2D eigenvalue weighted by molar-refractivity contribution is 7.22. The number of nitrogens with zero attached hydrogens (tertiary/aromatic N) is 2. The van der Waals surface area contributed by atoms with Gasteiger partial charge in [0.25, 0.3) is 5.78 Å². The molecule has 3 heterocycles. The molecule has 192 valence electrons. The highest BCUT2D eigenvalue weighted by Gasteiger charge is 2.48. The van der Waals surface area contributed by atoms with E-state index in [2.05, 4.69) is 4.98 Å². The molecule has 1 amide bonds. The zero-order valence-corrected chi connectivity index (χ0v) is 22.1. The van der Waals surface area contributed by atoms with E-state index < -0.39 is 17.7 Å². The molecular formula is C27H18Cl2N2O6S. The van der Waals surface area contributed by atoms with E-state index in [0.717, 1.165) is 4.70 Å². The van der Waals surface area contributed by atoms with Crippen molar-refractivity contribution >= 4 is 67.3 Å². The number of ether oxygens (including phenoxy) is 3. The Kier molecular flexibility index (Phi) is 6.14. The van der Waals surface area contributed by atoms with Crippen molar-refractivity contribution in [2.24, 2.45) is 0 Å². The molecule has 0 saturated carbocycles. The summed E-state index contributed by atoms with van der Waals surface area (Å²) in [6.45, 7) is 0.766. The van der Waals surface area contributed by atoms with Gasteiger partial charge in [-0.15, -0.1) is 0 Å². The van der Waals surface area contributed by atoms with Gasteiger partial charge in [-0.25, -0.2) is 4.98 Å². The highest BCUT2D eigenvalue weighted by Crippen LogP contribution is 2.46. The summed E-state index contributed by atoms with van der Waals surface area (Å²) in [7, 11) is 1.56. The number of amides is 1. The van der Waals surface area contributed by atoms with E-state index in [9.17, 15) is 14.7 Å². The Balaban J connectivity index is 1.54. The summed E-state index contributed by atoms with van der Waals surface area (Å²) in [5, 5.41) is 12.3. The van der Waals surface area contributed by atoms with Gasteiger partial charge in [-0.2, -0.15) is 0 Å². The van der Waals surface area contributed by atoms with Crippen LogP contribution in [0.3, 0.4) is 0 Å². The van der Waals surface area contributed by atoms with Gasteiger partial charge in [0, 0.05) is 5.56 Å². The minimum Gasteiger partial charge on any atom is -0.507 e. The maximum atomic E-state index is 13.5. The van der Waals surface area contributed by atoms with Crippen LogP contribution in [-0.2, 0) is 9.59 Å². The predicted octanol–water partition coefficient (Wildman–Crippen LogP) is 6.01. The average molecular weight is 569 g/mol. The lowest BCUT2D eigenvalue weighted by Crippen LogP contribution is -2.29. The van der Waals surface area contributed by atoms with Crippen LogP contribution in [-0.4, -0.2) is 42.1 Å². The second-order valence-electron chi connectivity index (χ2n) is 8.53. The standard InChI is InChI=1S/C27H18Cl2N2O6S/c1-35-15-4-6-18-21(12-15)38-27(30-18)31-23(13-2-5-16(28)17(29)10-13)22(25(33)26(31)34)24(32)14-3-7-19-20(11-14)37-9-8-36-19/h2-7,10-12,23,32H,8-9H2,1H3/b24-22+/t23-/m1/s1. The smallest absolute Gasteiger partial charge is 0.301 e. The number of carbonyl (C=O) groups excluding carboxylic acids is 2. The summed E-state index contributed by atoms with van der Waals surface area (Å²) in [4.78, 5) is 32.9.